The molecular formula is C12H15N2NaO5. The van der Waals surface area contributed by atoms with E-state index in [1.165, 1.54) is 23.8 Å². The van der Waals surface area contributed by atoms with E-state index in [4.69, 9.17) is 4.74 Å². The van der Waals surface area contributed by atoms with Crippen molar-refractivity contribution in [2.24, 2.45) is 5.92 Å². The number of nitrogens with zero attached hydrogens (tertiary/aromatic N) is 2. The van der Waals surface area contributed by atoms with Gasteiger partial charge >= 0.3 is 35.5 Å². The van der Waals surface area contributed by atoms with Crippen molar-refractivity contribution in [2.75, 3.05) is 13.7 Å². The molecule has 3 aliphatic rings. The molecule has 8 heteroatoms. The number of amides is 2. The first-order valence-electron chi connectivity index (χ1n) is 6.08. The Labute approximate surface area is 137 Å². The molecule has 0 aliphatic carbocycles. The Hall–Kier alpha value is -1.05. The molecule has 2 fully saturated rings. The molecule has 3 heterocycles. The molecule has 3 rings (SSSR count). The summed E-state index contributed by atoms with van der Waals surface area (Å²) in [6.07, 6.45) is 0.451. The fourth-order valence-corrected chi connectivity index (χ4v) is 3.40. The van der Waals surface area contributed by atoms with Gasteiger partial charge in [-0.05, 0) is 0 Å². The molecule has 0 saturated carbocycles. The van der Waals surface area contributed by atoms with E-state index < -0.39 is 12.0 Å². The average molecular weight is 290 g/mol. The van der Waals surface area contributed by atoms with E-state index in [1.807, 2.05) is 0 Å². The minimum atomic E-state index is -1.16. The van der Waals surface area contributed by atoms with Crippen LogP contribution in [0.25, 0.3) is 0 Å². The SMILES string of the molecule is COC1=C(C(=O)O)N2C(=O)[C@@H]3[C@H]2[C@H](C1)CN3C(C)=O.[NaH]. The van der Waals surface area contributed by atoms with Gasteiger partial charge in [0.15, 0.2) is 5.70 Å². The summed E-state index contributed by atoms with van der Waals surface area (Å²) in [5.41, 5.74) is -0.0737. The number of carboxylic acid groups (broad SMARTS) is 1. The molecule has 3 atom stereocenters. The molecule has 0 aromatic rings. The van der Waals surface area contributed by atoms with Gasteiger partial charge in [-0.25, -0.2) is 4.79 Å². The summed E-state index contributed by atoms with van der Waals surface area (Å²) in [7, 11) is 1.40. The van der Waals surface area contributed by atoms with E-state index in [0.29, 0.717) is 18.7 Å². The molecule has 0 aromatic carbocycles. The number of carboxylic acids is 1. The monoisotopic (exact) mass is 290 g/mol. The number of allylic oxidation sites excluding steroid dienone is 1. The zero-order chi connectivity index (χ0) is 13.9. The minimum absolute atomic E-state index is 0. The van der Waals surface area contributed by atoms with Gasteiger partial charge in [0.25, 0.3) is 5.91 Å². The Bertz CT molecular complexity index is 532. The van der Waals surface area contributed by atoms with Crippen LogP contribution in [0.1, 0.15) is 13.3 Å². The van der Waals surface area contributed by atoms with Crippen molar-refractivity contribution in [1.29, 1.82) is 0 Å². The maximum atomic E-state index is 12.1. The van der Waals surface area contributed by atoms with E-state index >= 15 is 0 Å². The summed E-state index contributed by atoms with van der Waals surface area (Å²) in [5.74, 6) is -1.27. The molecule has 0 spiro atoms. The molecule has 104 valence electrons. The van der Waals surface area contributed by atoms with Crippen molar-refractivity contribution >= 4 is 47.3 Å². The molecule has 0 bridgehead atoms. The summed E-state index contributed by atoms with van der Waals surface area (Å²) < 4.78 is 5.11. The molecule has 3 aliphatic heterocycles. The summed E-state index contributed by atoms with van der Waals surface area (Å²) in [6.45, 7) is 1.91. The Morgan fingerprint density at radius 2 is 2.05 bits per heavy atom. The molecule has 0 aromatic heterocycles. The summed E-state index contributed by atoms with van der Waals surface area (Å²) in [4.78, 5) is 37.8. The van der Waals surface area contributed by atoms with Crippen molar-refractivity contribution in [3.63, 3.8) is 0 Å². The number of carbonyl (C=O) groups is 3. The predicted molar refractivity (Wildman–Crippen MR) is 68.7 cm³/mol. The van der Waals surface area contributed by atoms with Crippen molar-refractivity contribution in [3.8, 4) is 0 Å². The second-order valence-corrected chi connectivity index (χ2v) is 5.06. The number of likely N-dealkylation sites (tertiary alicyclic amines) is 1. The predicted octanol–water partition coefficient (Wildman–Crippen LogP) is -1.26. The number of aliphatic carboxylic acids is 1. The topological polar surface area (TPSA) is 87.2 Å². The number of ether oxygens (including phenoxy) is 1. The fraction of sp³-hybridized carbons (Fsp3) is 0.583. The van der Waals surface area contributed by atoms with Crippen LogP contribution in [0.2, 0.25) is 0 Å². The van der Waals surface area contributed by atoms with Crippen LogP contribution >= 0.6 is 0 Å². The number of carbonyl (C=O) groups excluding carboxylic acids is 2. The molecule has 20 heavy (non-hydrogen) atoms. The molecule has 0 radical (unpaired) electrons. The zero-order valence-electron chi connectivity index (χ0n) is 10.6. The van der Waals surface area contributed by atoms with Gasteiger partial charge in [0, 0.05) is 25.8 Å². The van der Waals surface area contributed by atoms with E-state index in [9.17, 15) is 19.5 Å². The van der Waals surface area contributed by atoms with Crippen molar-refractivity contribution in [3.05, 3.63) is 11.5 Å². The molecule has 7 nitrogen and oxygen atoms in total. The van der Waals surface area contributed by atoms with Crippen LogP contribution in [0.15, 0.2) is 11.5 Å². The van der Waals surface area contributed by atoms with Gasteiger partial charge in [0.05, 0.1) is 13.2 Å². The van der Waals surface area contributed by atoms with Crippen molar-refractivity contribution in [1.82, 2.24) is 9.80 Å². The van der Waals surface area contributed by atoms with E-state index in [0.717, 1.165) is 0 Å². The van der Waals surface area contributed by atoms with Crippen LogP contribution in [0.4, 0.5) is 0 Å². The number of methoxy groups -OCH3 is 1. The Morgan fingerprint density at radius 3 is 2.55 bits per heavy atom. The standard InChI is InChI=1S/C12H14N2O5.Na.H/c1-5(15)13-4-6-3-7(19-2)9(12(17)18)14-8(6)10(13)11(14)16;;/h6,8,10H,3-4H2,1-2H3,(H,17,18);;/t6-,8-,10+;;/m1../s1. The van der Waals surface area contributed by atoms with Crippen LogP contribution in [0, 0.1) is 5.92 Å². The Balaban J connectivity index is 0.00000147. The molecular weight excluding hydrogens is 275 g/mol. The first-order valence-corrected chi connectivity index (χ1v) is 6.08. The van der Waals surface area contributed by atoms with Crippen LogP contribution in [0.5, 0.6) is 0 Å². The summed E-state index contributed by atoms with van der Waals surface area (Å²) in [5, 5.41) is 9.24. The third kappa shape index (κ3) is 1.80. The maximum absolute atomic E-state index is 12.1. The van der Waals surface area contributed by atoms with Gasteiger partial charge in [-0.3, -0.25) is 14.5 Å². The molecule has 0 unspecified atom stereocenters. The number of hydrogen-bond acceptors (Lipinski definition) is 4. The van der Waals surface area contributed by atoms with Gasteiger partial charge in [0.2, 0.25) is 5.91 Å². The van der Waals surface area contributed by atoms with Crippen LogP contribution in [0.3, 0.4) is 0 Å². The molecule has 1 N–H and O–H groups in total. The van der Waals surface area contributed by atoms with E-state index in [-0.39, 0.29) is 59.0 Å². The number of hydrogen-bond donors (Lipinski definition) is 1. The molecule has 2 saturated heterocycles. The van der Waals surface area contributed by atoms with Gasteiger partial charge in [-0.1, -0.05) is 0 Å². The van der Waals surface area contributed by atoms with E-state index in [1.54, 1.807) is 0 Å². The van der Waals surface area contributed by atoms with Crippen molar-refractivity contribution in [2.45, 2.75) is 25.4 Å². The zero-order valence-corrected chi connectivity index (χ0v) is 10.6. The fourth-order valence-electron chi connectivity index (χ4n) is 3.40. The van der Waals surface area contributed by atoms with Crippen molar-refractivity contribution < 1.29 is 24.2 Å². The van der Waals surface area contributed by atoms with Gasteiger partial charge in [-0.15, -0.1) is 0 Å². The number of rotatable bonds is 2. The third-order valence-corrected chi connectivity index (χ3v) is 4.17. The second kappa shape index (κ2) is 5.05. The first kappa shape index (κ1) is 15.3. The second-order valence-electron chi connectivity index (χ2n) is 5.06. The Morgan fingerprint density at radius 1 is 1.40 bits per heavy atom. The normalized spacial score (nSPS) is 30.5. The van der Waals surface area contributed by atoms with E-state index in [2.05, 4.69) is 0 Å². The van der Waals surface area contributed by atoms with Gasteiger partial charge < -0.3 is 14.7 Å². The average Bonchev–Trinajstić information content (AvgIpc) is 2.72. The molecule has 2 amide bonds. The van der Waals surface area contributed by atoms with Gasteiger partial charge in [-0.2, -0.15) is 0 Å². The van der Waals surface area contributed by atoms with Crippen LogP contribution in [-0.4, -0.2) is 88.0 Å². The quantitative estimate of drug-likeness (QED) is 0.507. The third-order valence-electron chi connectivity index (χ3n) is 4.17. The summed E-state index contributed by atoms with van der Waals surface area (Å²) >= 11 is 0. The Kier molecular flexibility index (Phi) is 3.88. The van der Waals surface area contributed by atoms with Gasteiger partial charge in [0.1, 0.15) is 11.8 Å². The first-order chi connectivity index (χ1) is 8.97. The van der Waals surface area contributed by atoms with Crippen LogP contribution in [-0.2, 0) is 19.1 Å². The summed E-state index contributed by atoms with van der Waals surface area (Å²) in [6, 6.07) is -0.698. The van der Waals surface area contributed by atoms with Crippen LogP contribution < -0.4 is 0 Å². The number of β-lactam (4-membered cyclic amide) rings is 1.